The Bertz CT molecular complexity index is 800. The Balaban J connectivity index is 2.15. The summed E-state index contributed by atoms with van der Waals surface area (Å²) in [5.41, 5.74) is -2.08. The van der Waals surface area contributed by atoms with Gasteiger partial charge >= 0.3 is 12.4 Å². The van der Waals surface area contributed by atoms with Crippen molar-refractivity contribution in [1.82, 2.24) is 0 Å². The molecule has 0 unspecified atom stereocenters. The van der Waals surface area contributed by atoms with Gasteiger partial charge in [-0.3, -0.25) is 4.79 Å². The summed E-state index contributed by atoms with van der Waals surface area (Å²) in [4.78, 5) is 12.0. The molecule has 0 spiro atoms. The summed E-state index contributed by atoms with van der Waals surface area (Å²) in [6, 6.07) is 6.55. The monoisotopic (exact) mass is 381 g/mol. The number of halogens is 7. The van der Waals surface area contributed by atoms with Gasteiger partial charge in [0.2, 0.25) is 0 Å². The van der Waals surface area contributed by atoms with Gasteiger partial charge in [0.05, 0.1) is 5.56 Å². The molecule has 1 N–H and O–H groups in total. The maximum absolute atomic E-state index is 13.2. The molecule has 0 fully saturated rings. The Hall–Kier alpha value is -2.78. The zero-order valence-corrected chi connectivity index (χ0v) is 12.7. The van der Waals surface area contributed by atoms with E-state index in [-0.39, 0.29) is 11.4 Å². The topological polar surface area (TPSA) is 38.3 Å². The van der Waals surface area contributed by atoms with Gasteiger partial charge in [-0.2, -0.15) is 26.3 Å². The van der Waals surface area contributed by atoms with E-state index in [4.69, 9.17) is 0 Å². The molecule has 140 valence electrons. The number of carbonyl (C=O) groups excluding carboxylic acids is 1. The molecule has 1 amide bonds. The molecule has 0 saturated carbocycles. The highest BCUT2D eigenvalue weighted by Gasteiger charge is 2.34. The molecule has 0 atom stereocenters. The van der Waals surface area contributed by atoms with Crippen LogP contribution < -0.4 is 10.1 Å². The number of benzene rings is 2. The van der Waals surface area contributed by atoms with Gasteiger partial charge in [0.15, 0.2) is 6.61 Å². The van der Waals surface area contributed by atoms with E-state index in [1.807, 2.05) is 0 Å². The van der Waals surface area contributed by atoms with Crippen molar-refractivity contribution in [3.63, 3.8) is 0 Å². The summed E-state index contributed by atoms with van der Waals surface area (Å²) in [7, 11) is 0. The normalized spacial score (nSPS) is 12.0. The number of rotatable bonds is 4. The lowest BCUT2D eigenvalue weighted by Gasteiger charge is -2.12. The van der Waals surface area contributed by atoms with Gasteiger partial charge in [0, 0.05) is 17.3 Å². The Kier molecular flexibility index (Phi) is 5.43. The molecule has 0 aliphatic carbocycles. The number of hydrogen-bond donors (Lipinski definition) is 1. The standard InChI is InChI=1S/C16H10F7NO2/c17-13-5-4-9(6-12(13)16(21,22)23)14(25)24-10-2-1-3-11(7-10)26-8-15(18,19)20/h1-7H,8H2,(H,24,25). The van der Waals surface area contributed by atoms with Crippen molar-refractivity contribution >= 4 is 11.6 Å². The zero-order valence-electron chi connectivity index (χ0n) is 12.7. The first kappa shape index (κ1) is 19.5. The van der Waals surface area contributed by atoms with Gasteiger partial charge in [-0.25, -0.2) is 4.39 Å². The van der Waals surface area contributed by atoms with Gasteiger partial charge in [-0.05, 0) is 30.3 Å². The van der Waals surface area contributed by atoms with Crippen LogP contribution in [0.3, 0.4) is 0 Å². The first-order chi connectivity index (χ1) is 12.0. The summed E-state index contributed by atoms with van der Waals surface area (Å²) >= 11 is 0. The van der Waals surface area contributed by atoms with Crippen molar-refractivity contribution in [2.24, 2.45) is 0 Å². The largest absolute Gasteiger partial charge is 0.484 e. The Morgan fingerprint density at radius 2 is 1.69 bits per heavy atom. The molecule has 3 nitrogen and oxygen atoms in total. The first-order valence-electron chi connectivity index (χ1n) is 6.93. The first-order valence-corrected chi connectivity index (χ1v) is 6.93. The lowest BCUT2D eigenvalue weighted by atomic mass is 10.1. The SMILES string of the molecule is O=C(Nc1cccc(OCC(F)(F)F)c1)c1ccc(F)c(C(F)(F)F)c1. The zero-order chi connectivity index (χ0) is 19.5. The van der Waals surface area contributed by atoms with Crippen molar-refractivity contribution in [3.8, 4) is 5.75 Å². The predicted molar refractivity (Wildman–Crippen MR) is 77.3 cm³/mol. The molecule has 2 aromatic rings. The smallest absolute Gasteiger partial charge is 0.422 e. The number of carbonyl (C=O) groups is 1. The summed E-state index contributed by atoms with van der Waals surface area (Å²) in [5, 5.41) is 2.20. The molecule has 0 aliphatic heterocycles. The summed E-state index contributed by atoms with van der Waals surface area (Å²) in [6.45, 7) is -1.54. The second-order valence-corrected chi connectivity index (χ2v) is 5.08. The highest BCUT2D eigenvalue weighted by molar-refractivity contribution is 6.04. The van der Waals surface area contributed by atoms with Crippen LogP contribution in [0.4, 0.5) is 36.4 Å². The molecular weight excluding hydrogens is 371 g/mol. The van der Waals surface area contributed by atoms with Crippen LogP contribution in [0.15, 0.2) is 42.5 Å². The quantitative estimate of drug-likeness (QED) is 0.754. The van der Waals surface area contributed by atoms with Crippen LogP contribution in [0.2, 0.25) is 0 Å². The summed E-state index contributed by atoms with van der Waals surface area (Å²) in [5.74, 6) is -2.73. The van der Waals surface area contributed by atoms with Crippen LogP contribution in [0, 0.1) is 5.82 Å². The van der Waals surface area contributed by atoms with Gasteiger partial charge < -0.3 is 10.1 Å². The Morgan fingerprint density at radius 3 is 2.31 bits per heavy atom. The molecular formula is C16H10F7NO2. The van der Waals surface area contributed by atoms with Crippen LogP contribution in [0.25, 0.3) is 0 Å². The maximum atomic E-state index is 13.2. The third kappa shape index (κ3) is 5.36. The van der Waals surface area contributed by atoms with Crippen molar-refractivity contribution in [2.45, 2.75) is 12.4 Å². The van der Waals surface area contributed by atoms with Crippen LogP contribution in [-0.2, 0) is 6.18 Å². The van der Waals surface area contributed by atoms with E-state index in [0.717, 1.165) is 12.1 Å². The van der Waals surface area contributed by atoms with Crippen molar-refractivity contribution < 1.29 is 40.3 Å². The van der Waals surface area contributed by atoms with Crippen molar-refractivity contribution in [2.75, 3.05) is 11.9 Å². The van der Waals surface area contributed by atoms with Crippen LogP contribution in [0.5, 0.6) is 5.75 Å². The van der Waals surface area contributed by atoms with E-state index in [9.17, 15) is 35.5 Å². The van der Waals surface area contributed by atoms with Crippen LogP contribution >= 0.6 is 0 Å². The third-order valence-corrected chi connectivity index (χ3v) is 3.03. The fourth-order valence-corrected chi connectivity index (χ4v) is 1.92. The molecule has 2 rings (SSSR count). The van der Waals surface area contributed by atoms with Crippen LogP contribution in [-0.4, -0.2) is 18.7 Å². The molecule has 0 heterocycles. The number of ether oxygens (including phenoxy) is 1. The lowest BCUT2D eigenvalue weighted by molar-refractivity contribution is -0.153. The fraction of sp³-hybridized carbons (Fsp3) is 0.188. The third-order valence-electron chi connectivity index (χ3n) is 3.03. The molecule has 2 aromatic carbocycles. The minimum atomic E-state index is -4.98. The van der Waals surface area contributed by atoms with Gasteiger partial charge in [-0.1, -0.05) is 6.07 Å². The molecule has 0 aromatic heterocycles. The van der Waals surface area contributed by atoms with E-state index in [1.54, 1.807) is 0 Å². The molecule has 26 heavy (non-hydrogen) atoms. The maximum Gasteiger partial charge on any atom is 0.422 e. The Labute approximate surface area is 142 Å². The number of nitrogens with one attached hydrogen (secondary N) is 1. The van der Waals surface area contributed by atoms with E-state index in [2.05, 4.69) is 10.1 Å². The average molecular weight is 381 g/mol. The molecule has 0 aliphatic rings. The van der Waals surface area contributed by atoms with E-state index in [1.165, 1.54) is 18.2 Å². The minimum Gasteiger partial charge on any atom is -0.484 e. The van der Waals surface area contributed by atoms with E-state index in [0.29, 0.717) is 12.1 Å². The van der Waals surface area contributed by atoms with Gasteiger partial charge in [0.1, 0.15) is 11.6 Å². The van der Waals surface area contributed by atoms with Crippen LogP contribution in [0.1, 0.15) is 15.9 Å². The number of amides is 1. The van der Waals surface area contributed by atoms with E-state index < -0.39 is 41.8 Å². The van der Waals surface area contributed by atoms with Gasteiger partial charge in [0.25, 0.3) is 5.91 Å². The minimum absolute atomic E-state index is 0.00689. The predicted octanol–water partition coefficient (Wildman–Crippen LogP) is 5.04. The second kappa shape index (κ2) is 7.22. The van der Waals surface area contributed by atoms with Gasteiger partial charge in [-0.15, -0.1) is 0 Å². The molecule has 0 saturated heterocycles. The fourth-order valence-electron chi connectivity index (χ4n) is 1.92. The Morgan fingerprint density at radius 1 is 1.00 bits per heavy atom. The lowest BCUT2D eigenvalue weighted by Crippen LogP contribution is -2.19. The molecule has 0 bridgehead atoms. The second-order valence-electron chi connectivity index (χ2n) is 5.08. The summed E-state index contributed by atoms with van der Waals surface area (Å²) < 4.78 is 92.1. The average Bonchev–Trinajstić information content (AvgIpc) is 2.52. The summed E-state index contributed by atoms with van der Waals surface area (Å²) in [6.07, 6.45) is -9.53. The highest BCUT2D eigenvalue weighted by atomic mass is 19.4. The van der Waals surface area contributed by atoms with Crippen molar-refractivity contribution in [1.29, 1.82) is 0 Å². The molecule has 0 radical (unpaired) electrons. The van der Waals surface area contributed by atoms with Crippen molar-refractivity contribution in [3.05, 3.63) is 59.4 Å². The van der Waals surface area contributed by atoms with E-state index >= 15 is 0 Å². The number of alkyl halides is 6. The highest BCUT2D eigenvalue weighted by Crippen LogP contribution is 2.32. The number of anilines is 1. The number of hydrogen-bond acceptors (Lipinski definition) is 2. The molecule has 10 heteroatoms.